The molecular weight excluding hydrogens is 647 g/mol. The molecular formula is C37H34F3N7O3. The molecule has 0 saturated heterocycles. The maximum atomic E-state index is 14.3. The van der Waals surface area contributed by atoms with Crippen LogP contribution in [0.15, 0.2) is 91.0 Å². The Morgan fingerprint density at radius 2 is 1.66 bits per heavy atom. The van der Waals surface area contributed by atoms with Crippen molar-refractivity contribution in [3.05, 3.63) is 119 Å². The molecule has 1 atom stereocenters. The minimum atomic E-state index is -4.85. The number of tetrazole rings is 1. The van der Waals surface area contributed by atoms with E-state index in [1.54, 1.807) is 53.4 Å². The second-order valence-corrected chi connectivity index (χ2v) is 12.5. The van der Waals surface area contributed by atoms with Crippen LogP contribution in [0.2, 0.25) is 0 Å². The van der Waals surface area contributed by atoms with Gasteiger partial charge >= 0.3 is 12.4 Å². The first-order valence-corrected chi connectivity index (χ1v) is 16.5. The summed E-state index contributed by atoms with van der Waals surface area (Å²) in [5, 5.41) is 18.9. The van der Waals surface area contributed by atoms with Gasteiger partial charge in [0.05, 0.1) is 12.6 Å². The molecule has 1 fully saturated rings. The average Bonchev–Trinajstić information content (AvgIpc) is 3.64. The van der Waals surface area contributed by atoms with Crippen molar-refractivity contribution in [2.24, 2.45) is 0 Å². The number of carbonyl (C=O) groups excluding carboxylic acids is 2. The number of aromatic nitrogens is 4. The number of amides is 3. The molecule has 1 unspecified atom stereocenters. The highest BCUT2D eigenvalue weighted by Crippen LogP contribution is 2.45. The first-order chi connectivity index (χ1) is 24.2. The number of halogens is 3. The highest BCUT2D eigenvalue weighted by Gasteiger charge is 2.35. The zero-order chi connectivity index (χ0) is 34.7. The smallest absolute Gasteiger partial charge is 0.405 e. The zero-order valence-corrected chi connectivity index (χ0v) is 26.9. The zero-order valence-electron chi connectivity index (χ0n) is 26.9. The molecule has 1 aromatic heterocycles. The van der Waals surface area contributed by atoms with Crippen LogP contribution in [-0.4, -0.2) is 38.9 Å². The van der Waals surface area contributed by atoms with Gasteiger partial charge in [0.25, 0.3) is 11.9 Å². The summed E-state index contributed by atoms with van der Waals surface area (Å²) in [6.45, 7) is 0.190. The van der Waals surface area contributed by atoms with E-state index in [1.807, 2.05) is 18.2 Å². The number of alkyl halides is 3. The third-order valence-corrected chi connectivity index (χ3v) is 9.32. The number of nitrogens with zero attached hydrogens (tertiary/aromatic N) is 4. The maximum absolute atomic E-state index is 14.3. The molecule has 0 spiro atoms. The predicted molar refractivity (Wildman–Crippen MR) is 181 cm³/mol. The number of aromatic amines is 1. The van der Waals surface area contributed by atoms with Crippen molar-refractivity contribution in [3.63, 3.8) is 0 Å². The third-order valence-electron chi connectivity index (χ3n) is 9.32. The molecule has 10 nitrogen and oxygen atoms in total. The molecule has 0 radical (unpaired) electrons. The SMILES string of the molecule is O=C(Nc1nn[nH]n1)c1ccc(CN(C(=O)NC2Cc3cccc(OC(F)(F)F)c3-c3ccccc32)c2ccc(C3CCCCC3)cc2)cc1. The van der Waals surface area contributed by atoms with E-state index in [4.69, 9.17) is 0 Å². The number of ether oxygens (including phenoxy) is 1. The number of anilines is 2. The molecule has 0 bridgehead atoms. The van der Waals surface area contributed by atoms with Crippen LogP contribution in [0.4, 0.5) is 29.6 Å². The molecule has 1 heterocycles. The van der Waals surface area contributed by atoms with Crippen molar-refractivity contribution in [3.8, 4) is 16.9 Å². The number of benzene rings is 4. The number of hydrogen-bond donors (Lipinski definition) is 3. The van der Waals surface area contributed by atoms with E-state index in [0.717, 1.165) is 18.4 Å². The number of H-pyrrole nitrogens is 1. The molecule has 13 heteroatoms. The second-order valence-electron chi connectivity index (χ2n) is 12.5. The molecule has 3 amide bonds. The van der Waals surface area contributed by atoms with Crippen molar-refractivity contribution in [1.82, 2.24) is 25.9 Å². The van der Waals surface area contributed by atoms with E-state index < -0.39 is 18.3 Å². The molecule has 0 aliphatic heterocycles. The summed E-state index contributed by atoms with van der Waals surface area (Å²) in [6.07, 6.45) is 1.39. The summed E-state index contributed by atoms with van der Waals surface area (Å²) in [5.41, 5.74) is 5.34. The normalized spacial score (nSPS) is 15.8. The molecule has 3 N–H and O–H groups in total. The number of urea groups is 1. The maximum Gasteiger partial charge on any atom is 0.573 e. The molecule has 1 saturated carbocycles. The van der Waals surface area contributed by atoms with Gasteiger partial charge in [0.2, 0.25) is 0 Å². The molecule has 256 valence electrons. The minimum absolute atomic E-state index is 0.0506. The first-order valence-electron chi connectivity index (χ1n) is 16.5. The van der Waals surface area contributed by atoms with Crippen LogP contribution in [0.1, 0.15) is 76.7 Å². The Morgan fingerprint density at radius 1 is 0.900 bits per heavy atom. The summed E-state index contributed by atoms with van der Waals surface area (Å²) in [6, 6.07) is 25.8. The Labute approximate surface area is 286 Å². The van der Waals surface area contributed by atoms with Crippen molar-refractivity contribution in [2.75, 3.05) is 10.2 Å². The summed E-state index contributed by atoms with van der Waals surface area (Å²) in [7, 11) is 0. The molecule has 2 aliphatic rings. The van der Waals surface area contributed by atoms with Crippen LogP contribution in [0, 0.1) is 0 Å². The van der Waals surface area contributed by atoms with Gasteiger partial charge in [-0.3, -0.25) is 15.0 Å². The number of hydrogen-bond acceptors (Lipinski definition) is 6. The van der Waals surface area contributed by atoms with E-state index in [2.05, 4.69) is 48.1 Å². The lowest BCUT2D eigenvalue weighted by atomic mass is 9.82. The van der Waals surface area contributed by atoms with Gasteiger partial charge in [-0.1, -0.05) is 85.0 Å². The lowest BCUT2D eigenvalue weighted by Crippen LogP contribution is -2.42. The quantitative estimate of drug-likeness (QED) is 0.152. The van der Waals surface area contributed by atoms with E-state index in [9.17, 15) is 22.8 Å². The summed E-state index contributed by atoms with van der Waals surface area (Å²) >= 11 is 0. The van der Waals surface area contributed by atoms with Crippen molar-refractivity contribution in [2.45, 2.75) is 63.4 Å². The van der Waals surface area contributed by atoms with Crippen LogP contribution in [0.3, 0.4) is 0 Å². The van der Waals surface area contributed by atoms with E-state index >= 15 is 0 Å². The molecule has 50 heavy (non-hydrogen) atoms. The monoisotopic (exact) mass is 681 g/mol. The predicted octanol–water partition coefficient (Wildman–Crippen LogP) is 8.08. The lowest BCUT2D eigenvalue weighted by molar-refractivity contribution is -0.274. The highest BCUT2D eigenvalue weighted by molar-refractivity contribution is 6.03. The van der Waals surface area contributed by atoms with Gasteiger partial charge in [-0.25, -0.2) is 4.79 Å². The number of carbonyl (C=O) groups is 2. The fourth-order valence-electron chi connectivity index (χ4n) is 6.95. The molecule has 5 aromatic rings. The number of rotatable bonds is 8. The molecule has 4 aromatic carbocycles. The van der Waals surface area contributed by atoms with Gasteiger partial charge in [-0.05, 0) is 88.5 Å². The minimum Gasteiger partial charge on any atom is -0.405 e. The Bertz CT molecular complexity index is 1960. The van der Waals surface area contributed by atoms with Crippen LogP contribution < -0.4 is 20.3 Å². The fourth-order valence-corrected chi connectivity index (χ4v) is 6.95. The average molecular weight is 682 g/mol. The van der Waals surface area contributed by atoms with Gasteiger partial charge in [0.1, 0.15) is 5.75 Å². The molecule has 7 rings (SSSR count). The van der Waals surface area contributed by atoms with Crippen LogP contribution in [0.5, 0.6) is 5.75 Å². The largest absolute Gasteiger partial charge is 0.573 e. The summed E-state index contributed by atoms with van der Waals surface area (Å²) in [4.78, 5) is 28.6. The van der Waals surface area contributed by atoms with Crippen molar-refractivity contribution in [1.29, 1.82) is 0 Å². The Hall–Kier alpha value is -5.72. The lowest BCUT2D eigenvalue weighted by Gasteiger charge is -2.32. The second kappa shape index (κ2) is 14.0. The van der Waals surface area contributed by atoms with E-state index in [1.165, 1.54) is 37.0 Å². The van der Waals surface area contributed by atoms with Crippen molar-refractivity contribution < 1.29 is 27.5 Å². The van der Waals surface area contributed by atoms with Gasteiger partial charge < -0.3 is 10.1 Å². The van der Waals surface area contributed by atoms with E-state index in [-0.39, 0.29) is 30.7 Å². The Morgan fingerprint density at radius 3 is 2.38 bits per heavy atom. The standard InChI is InChI=1S/C37H34F3N7O3/c38-37(39,40)50-32-12-6-9-27-21-31(29-10-4-5-11-30(29)33(27)32)41-36(49)47(28-19-17-25(18-20-28)24-7-2-1-3-8-24)22-23-13-15-26(16-14-23)34(48)42-35-43-45-46-44-35/h4-6,9-20,24,31H,1-3,7-8,21-22H2,(H,41,49)(H2,42,43,44,45,46,48). The Kier molecular flexibility index (Phi) is 9.20. The van der Waals surface area contributed by atoms with Crippen LogP contribution in [0.25, 0.3) is 11.1 Å². The number of fused-ring (bicyclic) bond motifs is 3. The molecule has 2 aliphatic carbocycles. The Balaban J connectivity index is 1.16. The van der Waals surface area contributed by atoms with Crippen LogP contribution >= 0.6 is 0 Å². The highest BCUT2D eigenvalue weighted by atomic mass is 19.4. The van der Waals surface area contributed by atoms with Crippen LogP contribution in [-0.2, 0) is 13.0 Å². The van der Waals surface area contributed by atoms with Gasteiger partial charge in [-0.2, -0.15) is 5.21 Å². The van der Waals surface area contributed by atoms with Gasteiger partial charge in [-0.15, -0.1) is 18.3 Å². The summed E-state index contributed by atoms with van der Waals surface area (Å²) in [5.74, 6) is -0.141. The van der Waals surface area contributed by atoms with E-state index in [0.29, 0.717) is 39.4 Å². The first kappa shape index (κ1) is 32.8. The summed E-state index contributed by atoms with van der Waals surface area (Å²) < 4.78 is 44.4. The fraction of sp³-hybridized carbons (Fsp3) is 0.270. The van der Waals surface area contributed by atoms with Crippen molar-refractivity contribution >= 4 is 23.6 Å². The third kappa shape index (κ3) is 7.31. The van der Waals surface area contributed by atoms with Gasteiger partial charge in [0, 0.05) is 16.8 Å². The van der Waals surface area contributed by atoms with Gasteiger partial charge in [0.15, 0.2) is 0 Å². The number of nitrogens with one attached hydrogen (secondary N) is 3. The topological polar surface area (TPSA) is 125 Å².